The van der Waals surface area contributed by atoms with Gasteiger partial charge in [-0.3, -0.25) is 0 Å². The number of hydrogen-bond acceptors (Lipinski definition) is 7. The lowest BCUT2D eigenvalue weighted by Gasteiger charge is -2.27. The Labute approximate surface area is 121 Å². The highest BCUT2D eigenvalue weighted by Gasteiger charge is 2.20. The summed E-state index contributed by atoms with van der Waals surface area (Å²) in [7, 11) is 1.32. The summed E-state index contributed by atoms with van der Waals surface area (Å²) in [4.78, 5) is 26.1. The number of aromatic nitrogens is 4. The van der Waals surface area contributed by atoms with Crippen molar-refractivity contribution in [3.05, 3.63) is 35.7 Å². The van der Waals surface area contributed by atoms with Crippen molar-refractivity contribution in [1.82, 2.24) is 19.5 Å². The number of aliphatic hydroxyl groups excluding tert-OH is 1. The average Bonchev–Trinajstić information content (AvgIpc) is 2.96. The number of methoxy groups -OCH3 is 1. The van der Waals surface area contributed by atoms with E-state index in [0.717, 1.165) is 18.9 Å². The van der Waals surface area contributed by atoms with Crippen LogP contribution in [0.25, 0.3) is 0 Å². The molecule has 3 heterocycles. The second-order valence-corrected chi connectivity index (χ2v) is 4.68. The van der Waals surface area contributed by atoms with E-state index in [-0.39, 0.29) is 6.61 Å². The van der Waals surface area contributed by atoms with Crippen LogP contribution in [0.5, 0.6) is 0 Å². The molecule has 3 rings (SSSR count). The van der Waals surface area contributed by atoms with Crippen LogP contribution in [0.2, 0.25) is 0 Å². The highest BCUT2D eigenvalue weighted by Crippen LogP contribution is 2.17. The van der Waals surface area contributed by atoms with Crippen molar-refractivity contribution >= 4 is 11.9 Å². The van der Waals surface area contributed by atoms with Crippen LogP contribution in [-0.4, -0.2) is 44.2 Å². The first-order chi connectivity index (χ1) is 10.2. The topological polar surface area (TPSA) is 93.4 Å². The average molecular weight is 289 g/mol. The third-order valence-electron chi connectivity index (χ3n) is 3.36. The van der Waals surface area contributed by atoms with E-state index in [1.165, 1.54) is 19.5 Å². The quantitative estimate of drug-likeness (QED) is 0.793. The molecule has 2 aromatic rings. The number of carbonyl (C=O) groups excluding carboxylic acids is 1. The Kier molecular flexibility index (Phi) is 3.53. The van der Waals surface area contributed by atoms with Gasteiger partial charge in [0.15, 0.2) is 0 Å². The summed E-state index contributed by atoms with van der Waals surface area (Å²) in [6, 6.07) is 0. The molecule has 1 aliphatic heterocycles. The molecule has 1 aliphatic rings. The number of imidazole rings is 1. The second kappa shape index (κ2) is 5.49. The number of rotatable bonds is 3. The van der Waals surface area contributed by atoms with Crippen LogP contribution in [0, 0.1) is 0 Å². The molecule has 1 N–H and O–H groups in total. The lowest BCUT2D eigenvalue weighted by Crippen LogP contribution is -2.34. The fourth-order valence-corrected chi connectivity index (χ4v) is 2.27. The standard InChI is InChI=1S/C13H15N5O3/c1-21-12(20)9-4-14-13(15-5-9)18-3-2-17-6-10(8-19)16-11(17)7-18/h4-6,19H,2-3,7-8H2,1H3. The number of nitrogens with zero attached hydrogens (tertiary/aromatic N) is 5. The number of carbonyl (C=O) groups is 1. The molecule has 8 nitrogen and oxygen atoms in total. The summed E-state index contributed by atoms with van der Waals surface area (Å²) in [6.07, 6.45) is 4.76. The van der Waals surface area contributed by atoms with Crippen molar-refractivity contribution in [3.63, 3.8) is 0 Å². The van der Waals surface area contributed by atoms with Gasteiger partial charge in [-0.1, -0.05) is 0 Å². The maximum atomic E-state index is 11.3. The Morgan fingerprint density at radius 1 is 1.38 bits per heavy atom. The maximum Gasteiger partial charge on any atom is 0.341 e. The minimum absolute atomic E-state index is 0.0652. The van der Waals surface area contributed by atoms with Gasteiger partial charge in [-0.05, 0) is 0 Å². The Morgan fingerprint density at radius 3 is 2.81 bits per heavy atom. The molecule has 110 valence electrons. The number of anilines is 1. The van der Waals surface area contributed by atoms with Crippen LogP contribution in [0.3, 0.4) is 0 Å². The highest BCUT2D eigenvalue weighted by molar-refractivity contribution is 5.88. The normalized spacial score (nSPS) is 13.9. The molecule has 21 heavy (non-hydrogen) atoms. The molecule has 0 bridgehead atoms. The Morgan fingerprint density at radius 2 is 2.14 bits per heavy atom. The van der Waals surface area contributed by atoms with Crippen molar-refractivity contribution in [2.24, 2.45) is 0 Å². The van der Waals surface area contributed by atoms with E-state index in [2.05, 4.69) is 19.7 Å². The molecule has 0 aromatic carbocycles. The zero-order chi connectivity index (χ0) is 14.8. The molecule has 8 heteroatoms. The molecule has 0 saturated carbocycles. The molecule has 0 aliphatic carbocycles. The smallest absolute Gasteiger partial charge is 0.341 e. The van der Waals surface area contributed by atoms with Gasteiger partial charge >= 0.3 is 5.97 Å². The third kappa shape index (κ3) is 2.57. The highest BCUT2D eigenvalue weighted by atomic mass is 16.5. The van der Waals surface area contributed by atoms with Gasteiger partial charge in [0.2, 0.25) is 5.95 Å². The lowest BCUT2D eigenvalue weighted by molar-refractivity contribution is 0.0600. The van der Waals surface area contributed by atoms with Gasteiger partial charge < -0.3 is 19.3 Å². The minimum atomic E-state index is -0.455. The van der Waals surface area contributed by atoms with Crippen LogP contribution in [0.4, 0.5) is 5.95 Å². The lowest BCUT2D eigenvalue weighted by atomic mass is 10.3. The number of ether oxygens (including phenoxy) is 1. The number of esters is 1. The molecule has 0 amide bonds. The van der Waals surface area contributed by atoms with Crippen LogP contribution >= 0.6 is 0 Å². The van der Waals surface area contributed by atoms with E-state index >= 15 is 0 Å². The van der Waals surface area contributed by atoms with Gasteiger partial charge in [-0.25, -0.2) is 19.7 Å². The molecule has 0 fully saturated rings. The predicted molar refractivity (Wildman–Crippen MR) is 72.6 cm³/mol. The third-order valence-corrected chi connectivity index (χ3v) is 3.36. The first kappa shape index (κ1) is 13.5. The summed E-state index contributed by atoms with van der Waals surface area (Å²) in [5, 5.41) is 9.12. The van der Waals surface area contributed by atoms with Crippen LogP contribution < -0.4 is 4.90 Å². The Bertz CT molecular complexity index is 652. The zero-order valence-electron chi connectivity index (χ0n) is 11.6. The van der Waals surface area contributed by atoms with Gasteiger partial charge in [-0.2, -0.15) is 0 Å². The monoisotopic (exact) mass is 289 g/mol. The Hall–Kier alpha value is -2.48. The summed E-state index contributed by atoms with van der Waals surface area (Å²) in [6.45, 7) is 2.00. The first-order valence-corrected chi connectivity index (χ1v) is 6.52. The van der Waals surface area contributed by atoms with Crippen molar-refractivity contribution in [2.45, 2.75) is 19.7 Å². The first-order valence-electron chi connectivity index (χ1n) is 6.52. The van der Waals surface area contributed by atoms with Gasteiger partial charge in [-0.15, -0.1) is 0 Å². The SMILES string of the molecule is COC(=O)c1cnc(N2CCn3cc(CO)nc3C2)nc1. The van der Waals surface area contributed by atoms with E-state index < -0.39 is 5.97 Å². The molecule has 0 unspecified atom stereocenters. The molecule has 0 saturated heterocycles. The van der Waals surface area contributed by atoms with Crippen molar-refractivity contribution in [3.8, 4) is 0 Å². The zero-order valence-corrected chi connectivity index (χ0v) is 11.6. The van der Waals surface area contributed by atoms with Gasteiger partial charge in [0.25, 0.3) is 0 Å². The largest absolute Gasteiger partial charge is 0.465 e. The fraction of sp³-hybridized carbons (Fsp3) is 0.385. The molecule has 2 aromatic heterocycles. The van der Waals surface area contributed by atoms with Gasteiger partial charge in [0.05, 0.1) is 31.5 Å². The Balaban J connectivity index is 1.77. The van der Waals surface area contributed by atoms with E-state index in [1.807, 2.05) is 15.7 Å². The van der Waals surface area contributed by atoms with E-state index in [1.54, 1.807) is 0 Å². The molecular formula is C13H15N5O3. The van der Waals surface area contributed by atoms with Crippen LogP contribution in [0.1, 0.15) is 21.9 Å². The number of hydrogen-bond donors (Lipinski definition) is 1. The molecule has 0 atom stereocenters. The number of fused-ring (bicyclic) bond motifs is 1. The van der Waals surface area contributed by atoms with Crippen LogP contribution in [-0.2, 0) is 24.4 Å². The number of aliphatic hydroxyl groups is 1. The van der Waals surface area contributed by atoms with Crippen molar-refractivity contribution in [1.29, 1.82) is 0 Å². The molecular weight excluding hydrogens is 274 g/mol. The summed E-state index contributed by atoms with van der Waals surface area (Å²) < 4.78 is 6.63. The molecule has 0 spiro atoms. The van der Waals surface area contributed by atoms with Crippen molar-refractivity contribution < 1.29 is 14.6 Å². The fourth-order valence-electron chi connectivity index (χ4n) is 2.27. The predicted octanol–water partition coefficient (Wildman–Crippen LogP) is -0.0278. The maximum absolute atomic E-state index is 11.3. The minimum Gasteiger partial charge on any atom is -0.465 e. The molecule has 0 radical (unpaired) electrons. The van der Waals surface area contributed by atoms with Gasteiger partial charge in [0.1, 0.15) is 5.82 Å². The van der Waals surface area contributed by atoms with E-state index in [4.69, 9.17) is 5.11 Å². The van der Waals surface area contributed by atoms with Crippen LogP contribution in [0.15, 0.2) is 18.6 Å². The van der Waals surface area contributed by atoms with Gasteiger partial charge in [0, 0.05) is 31.7 Å². The summed E-state index contributed by atoms with van der Waals surface area (Å²) >= 11 is 0. The summed E-state index contributed by atoms with van der Waals surface area (Å²) in [5.41, 5.74) is 0.983. The van der Waals surface area contributed by atoms with E-state index in [0.29, 0.717) is 23.8 Å². The van der Waals surface area contributed by atoms with Crippen molar-refractivity contribution in [2.75, 3.05) is 18.6 Å². The summed E-state index contributed by atoms with van der Waals surface area (Å²) in [5.74, 6) is 0.955. The second-order valence-electron chi connectivity index (χ2n) is 4.68. The van der Waals surface area contributed by atoms with E-state index in [9.17, 15) is 4.79 Å².